The summed E-state index contributed by atoms with van der Waals surface area (Å²) in [7, 11) is 0. The van der Waals surface area contributed by atoms with Gasteiger partial charge in [0.25, 0.3) is 5.56 Å². The van der Waals surface area contributed by atoms with Gasteiger partial charge >= 0.3 is 5.97 Å². The number of H-pyrrole nitrogens is 2. The number of carboxylic acids is 1. The largest absolute Gasteiger partial charge is 0.494 e. The minimum absolute atomic E-state index is 0.0131. The number of aromatic hydroxyl groups is 1. The number of carboxylic acid groups (broad SMARTS) is 1. The van der Waals surface area contributed by atoms with Crippen molar-refractivity contribution < 1.29 is 15.0 Å². The van der Waals surface area contributed by atoms with Crippen molar-refractivity contribution in [3.05, 3.63) is 68.7 Å². The molecule has 0 spiro atoms. The first kappa shape index (κ1) is 21.2. The van der Waals surface area contributed by atoms with Crippen LogP contribution in [0.15, 0.2) is 46.6 Å². The average molecular weight is 427 g/mol. The molecule has 4 N–H and O–H groups in total. The van der Waals surface area contributed by atoms with E-state index in [0.29, 0.717) is 17.3 Å². The monoisotopic (exact) mass is 427 g/mol. The fourth-order valence-corrected chi connectivity index (χ4v) is 3.16. The van der Waals surface area contributed by atoms with Crippen LogP contribution in [0.25, 0.3) is 5.69 Å². The van der Waals surface area contributed by atoms with E-state index in [1.807, 2.05) is 12.1 Å². The number of benzene rings is 1. The van der Waals surface area contributed by atoms with Crippen molar-refractivity contribution in [2.45, 2.75) is 32.2 Å². The fourth-order valence-electron chi connectivity index (χ4n) is 2.88. The van der Waals surface area contributed by atoms with Gasteiger partial charge in [-0.3, -0.25) is 19.3 Å². The molecule has 2 aromatic heterocycles. The zero-order chi connectivity index (χ0) is 21.8. The van der Waals surface area contributed by atoms with E-state index >= 15 is 0 Å². The van der Waals surface area contributed by atoms with Crippen molar-refractivity contribution in [3.63, 3.8) is 0 Å². The van der Waals surface area contributed by atoms with Gasteiger partial charge in [0.15, 0.2) is 10.8 Å². The second kappa shape index (κ2) is 8.87. The Labute approximate surface area is 176 Å². The molecule has 1 atom stereocenters. The van der Waals surface area contributed by atoms with E-state index in [1.165, 1.54) is 17.1 Å². The third-order valence-corrected chi connectivity index (χ3v) is 4.86. The maximum Gasteiger partial charge on any atom is 0.328 e. The highest BCUT2D eigenvalue weighted by Crippen LogP contribution is 2.21. The molecule has 0 amide bonds. The highest BCUT2D eigenvalue weighted by molar-refractivity contribution is 7.71. The molecule has 0 aliphatic heterocycles. The Morgan fingerprint density at radius 3 is 2.60 bits per heavy atom. The number of nitrogens with one attached hydrogen (secondary N) is 2. The van der Waals surface area contributed by atoms with E-state index < -0.39 is 23.5 Å². The molecule has 0 aliphatic carbocycles. The van der Waals surface area contributed by atoms with Gasteiger partial charge in [-0.2, -0.15) is 0 Å². The van der Waals surface area contributed by atoms with Gasteiger partial charge in [-0.1, -0.05) is 26.0 Å². The number of hydrogen-bond acceptors (Lipinski definition) is 6. The van der Waals surface area contributed by atoms with Crippen molar-refractivity contribution in [2.24, 2.45) is 4.99 Å². The van der Waals surface area contributed by atoms with E-state index in [2.05, 4.69) is 33.8 Å². The minimum Gasteiger partial charge on any atom is -0.494 e. The first-order valence-corrected chi connectivity index (χ1v) is 9.60. The Kier molecular flexibility index (Phi) is 6.26. The Balaban J connectivity index is 2.00. The standard InChI is InChI=1S/C20H21N5O4S/c1-11(2)12-3-5-14(6-4-12)25-18(27)15(17(26)24-20(25)30)9-22-16(19(28)29)7-13-8-21-10-23-13/h3-6,8-11,16,27H,7H2,1-2H3,(H,21,23)(H,28,29)(H,24,26,30)/t16-/m1/s1. The average Bonchev–Trinajstić information content (AvgIpc) is 3.20. The summed E-state index contributed by atoms with van der Waals surface area (Å²) in [4.78, 5) is 37.0. The lowest BCUT2D eigenvalue weighted by molar-refractivity contribution is -0.138. The normalized spacial score (nSPS) is 12.5. The molecule has 0 radical (unpaired) electrons. The Bertz CT molecular complexity index is 1180. The molecule has 3 rings (SSSR count). The molecule has 0 saturated carbocycles. The Morgan fingerprint density at radius 2 is 2.03 bits per heavy atom. The maximum absolute atomic E-state index is 12.3. The van der Waals surface area contributed by atoms with Crippen LogP contribution >= 0.6 is 12.2 Å². The number of aromatic nitrogens is 4. The van der Waals surface area contributed by atoms with Gasteiger partial charge in [-0.05, 0) is 35.8 Å². The van der Waals surface area contributed by atoms with E-state index in [4.69, 9.17) is 12.2 Å². The van der Waals surface area contributed by atoms with Gasteiger partial charge in [-0.25, -0.2) is 9.78 Å². The first-order chi connectivity index (χ1) is 14.3. The lowest BCUT2D eigenvalue weighted by Gasteiger charge is -2.13. The summed E-state index contributed by atoms with van der Waals surface area (Å²) in [6, 6.07) is 6.21. The third-order valence-electron chi connectivity index (χ3n) is 4.58. The summed E-state index contributed by atoms with van der Waals surface area (Å²) in [5, 5.41) is 20.1. The summed E-state index contributed by atoms with van der Waals surface area (Å²) in [6.07, 6.45) is 4.04. The van der Waals surface area contributed by atoms with Gasteiger partial charge < -0.3 is 15.2 Å². The van der Waals surface area contributed by atoms with Gasteiger partial charge in [0.2, 0.25) is 5.88 Å². The lowest BCUT2D eigenvalue weighted by Crippen LogP contribution is -2.23. The fraction of sp³-hybridized carbons (Fsp3) is 0.250. The summed E-state index contributed by atoms with van der Waals surface area (Å²) in [6.45, 7) is 4.13. The first-order valence-electron chi connectivity index (χ1n) is 9.19. The number of hydrogen-bond donors (Lipinski definition) is 4. The maximum atomic E-state index is 12.3. The molecule has 2 heterocycles. The number of imidazole rings is 1. The minimum atomic E-state index is -1.17. The van der Waals surface area contributed by atoms with Crippen molar-refractivity contribution >= 4 is 24.4 Å². The van der Waals surface area contributed by atoms with Crippen LogP contribution in [0.3, 0.4) is 0 Å². The highest BCUT2D eigenvalue weighted by Gasteiger charge is 2.19. The van der Waals surface area contributed by atoms with Crippen LogP contribution in [-0.4, -0.2) is 48.0 Å². The van der Waals surface area contributed by atoms with Crippen LogP contribution in [0.1, 0.15) is 36.6 Å². The lowest BCUT2D eigenvalue weighted by atomic mass is 10.0. The molecule has 3 aromatic rings. The van der Waals surface area contributed by atoms with Crippen LogP contribution in [0, 0.1) is 4.77 Å². The molecule has 0 unspecified atom stereocenters. The third kappa shape index (κ3) is 4.54. The zero-order valence-electron chi connectivity index (χ0n) is 16.4. The number of aromatic amines is 2. The van der Waals surface area contributed by atoms with E-state index in [0.717, 1.165) is 11.8 Å². The molecule has 0 aliphatic rings. The number of nitrogens with zero attached hydrogens (tertiary/aromatic N) is 3. The summed E-state index contributed by atoms with van der Waals surface area (Å²) >= 11 is 5.20. The molecule has 0 bridgehead atoms. The van der Waals surface area contributed by atoms with Crippen LogP contribution in [-0.2, 0) is 11.2 Å². The van der Waals surface area contributed by atoms with Crippen molar-refractivity contribution in [3.8, 4) is 11.6 Å². The number of aliphatic imine (C=N–C) groups is 1. The van der Waals surface area contributed by atoms with Crippen LogP contribution < -0.4 is 5.56 Å². The van der Waals surface area contributed by atoms with Gasteiger partial charge in [0, 0.05) is 24.5 Å². The number of aliphatic carboxylic acids is 1. The van der Waals surface area contributed by atoms with E-state index in [1.54, 1.807) is 12.1 Å². The van der Waals surface area contributed by atoms with E-state index in [9.17, 15) is 19.8 Å². The quantitative estimate of drug-likeness (QED) is 0.338. The second-order valence-corrected chi connectivity index (χ2v) is 7.38. The number of carbonyl (C=O) groups is 1. The smallest absolute Gasteiger partial charge is 0.328 e. The molecule has 9 nitrogen and oxygen atoms in total. The molecule has 10 heteroatoms. The Hall–Kier alpha value is -3.53. The number of rotatable bonds is 7. The summed E-state index contributed by atoms with van der Waals surface area (Å²) in [5.74, 6) is -1.26. The molecule has 30 heavy (non-hydrogen) atoms. The topological polar surface area (TPSA) is 136 Å². The van der Waals surface area contributed by atoms with E-state index in [-0.39, 0.29) is 16.8 Å². The molecular formula is C20H21N5O4S. The summed E-state index contributed by atoms with van der Waals surface area (Å²) in [5.41, 5.74) is 1.40. The molecular weight excluding hydrogens is 406 g/mol. The van der Waals surface area contributed by atoms with Crippen molar-refractivity contribution in [1.82, 2.24) is 19.5 Å². The predicted octanol–water partition coefficient (Wildman–Crippen LogP) is 2.56. The SMILES string of the molecule is CC(C)c1ccc(-n2c(O)c(C=N[C@H](Cc3cnc[nH]3)C(=O)O)c(=O)[nH]c2=S)cc1. The van der Waals surface area contributed by atoms with Gasteiger partial charge in [0.1, 0.15) is 5.56 Å². The van der Waals surface area contributed by atoms with Gasteiger partial charge in [0.05, 0.1) is 12.0 Å². The van der Waals surface area contributed by atoms with Crippen molar-refractivity contribution in [1.29, 1.82) is 0 Å². The molecule has 0 fully saturated rings. The molecule has 1 aromatic carbocycles. The summed E-state index contributed by atoms with van der Waals surface area (Å²) < 4.78 is 1.31. The molecule has 0 saturated heterocycles. The zero-order valence-corrected chi connectivity index (χ0v) is 17.2. The van der Waals surface area contributed by atoms with Crippen LogP contribution in [0.2, 0.25) is 0 Å². The Morgan fingerprint density at radius 1 is 1.33 bits per heavy atom. The molecule has 156 valence electrons. The van der Waals surface area contributed by atoms with Crippen LogP contribution in [0.4, 0.5) is 0 Å². The van der Waals surface area contributed by atoms with Crippen LogP contribution in [0.5, 0.6) is 5.88 Å². The van der Waals surface area contributed by atoms with Gasteiger partial charge in [-0.15, -0.1) is 0 Å². The predicted molar refractivity (Wildman–Crippen MR) is 114 cm³/mol. The van der Waals surface area contributed by atoms with Crippen molar-refractivity contribution in [2.75, 3.05) is 0 Å². The second-order valence-electron chi connectivity index (χ2n) is 6.99. The highest BCUT2D eigenvalue weighted by atomic mass is 32.1.